The second kappa shape index (κ2) is 8.62. The van der Waals surface area contributed by atoms with E-state index in [-0.39, 0.29) is 11.9 Å². The van der Waals surface area contributed by atoms with Gasteiger partial charge in [0.05, 0.1) is 6.04 Å². The average Bonchev–Trinajstić information content (AvgIpc) is 2.58. The van der Waals surface area contributed by atoms with Gasteiger partial charge in [0.2, 0.25) is 0 Å². The quantitative estimate of drug-likeness (QED) is 0.850. The first-order valence-corrected chi connectivity index (χ1v) is 8.11. The van der Waals surface area contributed by atoms with Gasteiger partial charge in [-0.15, -0.1) is 0 Å². The molecular formula is C20H26N2O2. The predicted molar refractivity (Wildman–Crippen MR) is 96.8 cm³/mol. The highest BCUT2D eigenvalue weighted by atomic mass is 16.5. The number of hydrogen-bond acceptors (Lipinski definition) is 3. The van der Waals surface area contributed by atoms with Crippen molar-refractivity contribution in [1.82, 2.24) is 10.2 Å². The van der Waals surface area contributed by atoms with Crippen LogP contribution in [0.2, 0.25) is 0 Å². The van der Waals surface area contributed by atoms with Crippen LogP contribution in [0, 0.1) is 6.92 Å². The van der Waals surface area contributed by atoms with Crippen LogP contribution in [0.15, 0.2) is 54.6 Å². The minimum atomic E-state index is -0.591. The highest BCUT2D eigenvalue weighted by Gasteiger charge is 2.22. The molecule has 0 heterocycles. The number of hydrogen-bond donors (Lipinski definition) is 1. The van der Waals surface area contributed by atoms with Crippen LogP contribution >= 0.6 is 0 Å². The second-order valence-electron chi connectivity index (χ2n) is 6.16. The number of aryl methyl sites for hydroxylation is 1. The van der Waals surface area contributed by atoms with Crippen molar-refractivity contribution in [1.29, 1.82) is 0 Å². The van der Waals surface area contributed by atoms with Crippen molar-refractivity contribution < 1.29 is 9.53 Å². The van der Waals surface area contributed by atoms with E-state index in [2.05, 4.69) is 41.4 Å². The van der Waals surface area contributed by atoms with Crippen LogP contribution in [0.4, 0.5) is 0 Å². The van der Waals surface area contributed by atoms with Crippen LogP contribution in [0.1, 0.15) is 28.8 Å². The van der Waals surface area contributed by atoms with Gasteiger partial charge in [0.15, 0.2) is 6.10 Å². The van der Waals surface area contributed by atoms with E-state index in [1.165, 1.54) is 11.1 Å². The summed E-state index contributed by atoms with van der Waals surface area (Å²) >= 11 is 0. The molecule has 0 aliphatic carbocycles. The Balaban J connectivity index is 2.05. The molecule has 1 amide bonds. The van der Waals surface area contributed by atoms with E-state index in [1.807, 2.05) is 44.4 Å². The van der Waals surface area contributed by atoms with Gasteiger partial charge in [-0.1, -0.05) is 60.2 Å². The lowest BCUT2D eigenvalue weighted by Crippen LogP contribution is -2.37. The standard InChI is InChI=1S/C20H26N2O2/c1-15-10-12-16(13-11-15)18(22(2)3)14-21-20(23)19(24-4)17-8-6-5-7-9-17/h5-13,18-19H,14H2,1-4H3,(H,21,23)/t18-,19-/m1/s1. The summed E-state index contributed by atoms with van der Waals surface area (Å²) in [4.78, 5) is 14.6. The molecule has 2 rings (SSSR count). The molecular weight excluding hydrogens is 300 g/mol. The summed E-state index contributed by atoms with van der Waals surface area (Å²) < 4.78 is 5.39. The van der Waals surface area contributed by atoms with Crippen molar-refractivity contribution in [3.63, 3.8) is 0 Å². The average molecular weight is 326 g/mol. The van der Waals surface area contributed by atoms with Gasteiger partial charge >= 0.3 is 0 Å². The van der Waals surface area contributed by atoms with Gasteiger partial charge in [-0.25, -0.2) is 0 Å². The van der Waals surface area contributed by atoms with Gasteiger partial charge in [0.1, 0.15) is 0 Å². The van der Waals surface area contributed by atoms with Crippen LogP contribution < -0.4 is 5.32 Å². The van der Waals surface area contributed by atoms with Crippen LogP contribution in [-0.4, -0.2) is 38.6 Å². The Hall–Kier alpha value is -2.17. The van der Waals surface area contributed by atoms with Crippen molar-refractivity contribution in [3.8, 4) is 0 Å². The fraction of sp³-hybridized carbons (Fsp3) is 0.350. The lowest BCUT2D eigenvalue weighted by Gasteiger charge is -2.26. The number of methoxy groups -OCH3 is 1. The SMILES string of the molecule is CO[C@@H](C(=O)NC[C@H](c1ccc(C)cc1)N(C)C)c1ccccc1. The number of nitrogens with one attached hydrogen (secondary N) is 1. The molecule has 0 spiro atoms. The number of rotatable bonds is 7. The zero-order valence-corrected chi connectivity index (χ0v) is 14.8. The van der Waals surface area contributed by atoms with Crippen LogP contribution in [0.5, 0.6) is 0 Å². The van der Waals surface area contributed by atoms with E-state index in [0.717, 1.165) is 5.56 Å². The van der Waals surface area contributed by atoms with Gasteiger partial charge in [-0.05, 0) is 32.1 Å². The fourth-order valence-electron chi connectivity index (χ4n) is 2.70. The van der Waals surface area contributed by atoms with Gasteiger partial charge in [0.25, 0.3) is 5.91 Å². The molecule has 0 saturated carbocycles. The molecule has 0 aliphatic rings. The number of benzene rings is 2. The first kappa shape index (κ1) is 18.2. The number of ether oxygens (including phenoxy) is 1. The largest absolute Gasteiger partial charge is 0.367 e. The molecule has 0 fully saturated rings. The summed E-state index contributed by atoms with van der Waals surface area (Å²) in [5, 5.41) is 3.02. The first-order chi connectivity index (χ1) is 11.5. The summed E-state index contributed by atoms with van der Waals surface area (Å²) in [6, 6.07) is 18.1. The van der Waals surface area contributed by atoms with E-state index in [9.17, 15) is 4.79 Å². The first-order valence-electron chi connectivity index (χ1n) is 8.11. The Morgan fingerprint density at radius 2 is 1.67 bits per heavy atom. The molecule has 0 bridgehead atoms. The summed E-state index contributed by atoms with van der Waals surface area (Å²) in [7, 11) is 5.59. The lowest BCUT2D eigenvalue weighted by atomic mass is 10.0. The zero-order chi connectivity index (χ0) is 17.5. The molecule has 0 saturated heterocycles. The summed E-state index contributed by atoms with van der Waals surface area (Å²) in [5.41, 5.74) is 3.26. The molecule has 1 N–H and O–H groups in total. The molecule has 128 valence electrons. The van der Waals surface area contributed by atoms with Crippen LogP contribution in [-0.2, 0) is 9.53 Å². The molecule has 2 aromatic carbocycles. The molecule has 2 atom stereocenters. The maximum absolute atomic E-state index is 12.5. The van der Waals surface area contributed by atoms with Crippen LogP contribution in [0.25, 0.3) is 0 Å². The second-order valence-corrected chi connectivity index (χ2v) is 6.16. The summed E-state index contributed by atoms with van der Waals surface area (Å²) in [5.74, 6) is -0.123. The molecule has 4 heteroatoms. The predicted octanol–water partition coefficient (Wildman–Crippen LogP) is 3.10. The fourth-order valence-corrected chi connectivity index (χ4v) is 2.70. The Morgan fingerprint density at radius 3 is 2.21 bits per heavy atom. The Bertz CT molecular complexity index is 638. The monoisotopic (exact) mass is 326 g/mol. The molecule has 4 nitrogen and oxygen atoms in total. The van der Waals surface area contributed by atoms with E-state index >= 15 is 0 Å². The number of carbonyl (C=O) groups excluding carboxylic acids is 1. The topological polar surface area (TPSA) is 41.6 Å². The molecule has 0 unspecified atom stereocenters. The third-order valence-corrected chi connectivity index (χ3v) is 4.13. The maximum atomic E-state index is 12.5. The Labute approximate surface area is 144 Å². The molecule has 24 heavy (non-hydrogen) atoms. The van der Waals surface area contributed by atoms with E-state index < -0.39 is 6.10 Å². The number of likely N-dealkylation sites (N-methyl/N-ethyl adjacent to an activating group) is 1. The van der Waals surface area contributed by atoms with Crippen molar-refractivity contribution in [2.75, 3.05) is 27.7 Å². The van der Waals surface area contributed by atoms with Gasteiger partial charge < -0.3 is 15.0 Å². The third kappa shape index (κ3) is 4.66. The summed E-state index contributed by atoms with van der Waals surface area (Å²) in [6.07, 6.45) is -0.591. The maximum Gasteiger partial charge on any atom is 0.253 e. The summed E-state index contributed by atoms with van der Waals surface area (Å²) in [6.45, 7) is 2.60. The van der Waals surface area contributed by atoms with E-state index in [4.69, 9.17) is 4.74 Å². The van der Waals surface area contributed by atoms with Gasteiger partial charge in [0, 0.05) is 13.7 Å². The van der Waals surface area contributed by atoms with E-state index in [1.54, 1.807) is 7.11 Å². The molecule has 0 radical (unpaired) electrons. The molecule has 2 aromatic rings. The number of carbonyl (C=O) groups is 1. The lowest BCUT2D eigenvalue weighted by molar-refractivity contribution is -0.131. The van der Waals surface area contributed by atoms with Gasteiger partial charge in [-0.2, -0.15) is 0 Å². The number of nitrogens with zero attached hydrogens (tertiary/aromatic N) is 1. The van der Waals surface area contributed by atoms with Gasteiger partial charge in [-0.3, -0.25) is 4.79 Å². The van der Waals surface area contributed by atoms with Crippen molar-refractivity contribution >= 4 is 5.91 Å². The highest BCUT2D eigenvalue weighted by molar-refractivity contribution is 5.82. The minimum Gasteiger partial charge on any atom is -0.367 e. The minimum absolute atomic E-state index is 0.114. The third-order valence-electron chi connectivity index (χ3n) is 4.13. The van der Waals surface area contributed by atoms with Crippen molar-refractivity contribution in [2.45, 2.75) is 19.1 Å². The van der Waals surface area contributed by atoms with Crippen LogP contribution in [0.3, 0.4) is 0 Å². The molecule has 0 aliphatic heterocycles. The zero-order valence-electron chi connectivity index (χ0n) is 14.8. The van der Waals surface area contributed by atoms with Crippen molar-refractivity contribution in [2.24, 2.45) is 0 Å². The Kier molecular flexibility index (Phi) is 6.53. The normalized spacial score (nSPS) is 13.5. The van der Waals surface area contributed by atoms with Crippen molar-refractivity contribution in [3.05, 3.63) is 71.3 Å². The smallest absolute Gasteiger partial charge is 0.253 e. The van der Waals surface area contributed by atoms with E-state index in [0.29, 0.717) is 6.54 Å². The highest BCUT2D eigenvalue weighted by Crippen LogP contribution is 2.20. The molecule has 0 aromatic heterocycles. The Morgan fingerprint density at radius 1 is 1.04 bits per heavy atom. The number of amides is 1.